The Morgan fingerprint density at radius 2 is 2.14 bits per heavy atom. The molecule has 2 aromatic rings. The van der Waals surface area contributed by atoms with E-state index in [0.717, 1.165) is 0 Å². The number of pyridine rings is 1. The van der Waals surface area contributed by atoms with Crippen molar-refractivity contribution in [2.75, 3.05) is 10.2 Å². The van der Waals surface area contributed by atoms with E-state index in [0.29, 0.717) is 16.9 Å². The molecule has 0 aliphatic carbocycles. The van der Waals surface area contributed by atoms with E-state index in [1.807, 2.05) is 13.8 Å². The highest BCUT2D eigenvalue weighted by Gasteiger charge is 2.39. The Balaban J connectivity index is 2.11. The van der Waals surface area contributed by atoms with E-state index in [4.69, 9.17) is 0 Å². The lowest BCUT2D eigenvalue weighted by molar-refractivity contribution is -0.118. The summed E-state index contributed by atoms with van der Waals surface area (Å²) in [5.41, 5.74) is 1.65. The van der Waals surface area contributed by atoms with Crippen LogP contribution in [0.5, 0.6) is 0 Å². The number of nitrogens with zero attached hydrogens (tertiary/aromatic N) is 4. The number of aryl methyl sites for hydroxylation is 1. The second-order valence-corrected chi connectivity index (χ2v) is 5.65. The summed E-state index contributed by atoms with van der Waals surface area (Å²) in [6, 6.07) is 1.17. The summed E-state index contributed by atoms with van der Waals surface area (Å²) in [7, 11) is 1.75. The van der Waals surface area contributed by atoms with Gasteiger partial charge in [0, 0.05) is 19.4 Å². The normalized spacial score (nSPS) is 17.4. The first kappa shape index (κ1) is 14.2. The zero-order valence-corrected chi connectivity index (χ0v) is 12.6. The minimum Gasteiger partial charge on any atom is -0.321 e. The highest BCUT2D eigenvalue weighted by molar-refractivity contribution is 6.16. The fourth-order valence-corrected chi connectivity index (χ4v) is 2.67. The molecule has 7 heteroatoms. The molecule has 22 heavy (non-hydrogen) atoms. The molecule has 114 valence electrons. The zero-order chi connectivity index (χ0) is 15.9. The topological polar surface area (TPSA) is 80.1 Å². The summed E-state index contributed by atoms with van der Waals surface area (Å²) >= 11 is 0. The van der Waals surface area contributed by atoms with Crippen LogP contribution >= 0.6 is 0 Å². The maximum Gasteiger partial charge on any atom is 0.262 e. The SMILES string of the molecule is CC(C)C1C(=O)Nc2cnccc2N1C(=O)c1cnn(C)c1. The number of anilines is 2. The second kappa shape index (κ2) is 5.25. The number of fused-ring (bicyclic) bond motifs is 1. The molecule has 0 spiro atoms. The Kier molecular flexibility index (Phi) is 3.40. The number of nitrogens with one attached hydrogen (secondary N) is 1. The van der Waals surface area contributed by atoms with Crippen LogP contribution in [0.25, 0.3) is 0 Å². The Bertz CT molecular complexity index is 737. The molecule has 0 radical (unpaired) electrons. The van der Waals surface area contributed by atoms with E-state index >= 15 is 0 Å². The Hall–Kier alpha value is -2.70. The number of hydrogen-bond donors (Lipinski definition) is 1. The third kappa shape index (κ3) is 2.24. The largest absolute Gasteiger partial charge is 0.321 e. The maximum absolute atomic E-state index is 12.9. The Morgan fingerprint density at radius 1 is 1.36 bits per heavy atom. The van der Waals surface area contributed by atoms with E-state index in [9.17, 15) is 9.59 Å². The number of aromatic nitrogens is 3. The minimum atomic E-state index is -0.567. The zero-order valence-electron chi connectivity index (χ0n) is 12.6. The van der Waals surface area contributed by atoms with Crippen LogP contribution in [-0.4, -0.2) is 32.6 Å². The van der Waals surface area contributed by atoms with Gasteiger partial charge in [-0.1, -0.05) is 13.8 Å². The average molecular weight is 299 g/mol. The van der Waals surface area contributed by atoms with Gasteiger partial charge < -0.3 is 5.32 Å². The van der Waals surface area contributed by atoms with Crippen molar-refractivity contribution in [2.45, 2.75) is 19.9 Å². The second-order valence-electron chi connectivity index (χ2n) is 5.65. The molecule has 0 saturated heterocycles. The van der Waals surface area contributed by atoms with Crippen molar-refractivity contribution in [1.29, 1.82) is 0 Å². The molecule has 2 amide bonds. The molecule has 0 aromatic carbocycles. The van der Waals surface area contributed by atoms with Crippen molar-refractivity contribution in [3.63, 3.8) is 0 Å². The lowest BCUT2D eigenvalue weighted by Crippen LogP contribution is -2.53. The van der Waals surface area contributed by atoms with Crippen LogP contribution in [0.4, 0.5) is 11.4 Å². The predicted octanol–water partition coefficient (Wildman–Crippen LogP) is 1.44. The van der Waals surface area contributed by atoms with Gasteiger partial charge in [-0.3, -0.25) is 24.2 Å². The third-order valence-electron chi connectivity index (χ3n) is 3.66. The molecule has 1 aliphatic rings. The van der Waals surface area contributed by atoms with Crippen LogP contribution in [0.1, 0.15) is 24.2 Å². The van der Waals surface area contributed by atoms with Crippen LogP contribution in [0.2, 0.25) is 0 Å². The van der Waals surface area contributed by atoms with E-state index in [2.05, 4.69) is 15.4 Å². The van der Waals surface area contributed by atoms with Crippen LogP contribution in [0.3, 0.4) is 0 Å². The fraction of sp³-hybridized carbons (Fsp3) is 0.333. The van der Waals surface area contributed by atoms with Crippen molar-refractivity contribution in [2.24, 2.45) is 13.0 Å². The molecule has 0 fully saturated rings. The van der Waals surface area contributed by atoms with E-state index in [1.54, 1.807) is 36.4 Å². The molecule has 0 bridgehead atoms. The summed E-state index contributed by atoms with van der Waals surface area (Å²) in [6.07, 6.45) is 6.31. The molecule has 3 rings (SSSR count). The van der Waals surface area contributed by atoms with Gasteiger partial charge in [0.05, 0.1) is 29.3 Å². The van der Waals surface area contributed by atoms with Crippen molar-refractivity contribution in [1.82, 2.24) is 14.8 Å². The molecule has 1 atom stereocenters. The summed E-state index contributed by atoms with van der Waals surface area (Å²) in [5, 5.41) is 6.85. The first-order chi connectivity index (χ1) is 10.5. The molecule has 3 heterocycles. The minimum absolute atomic E-state index is 0.0260. The smallest absolute Gasteiger partial charge is 0.262 e. The number of carbonyl (C=O) groups is 2. The first-order valence-corrected chi connectivity index (χ1v) is 7.06. The van der Waals surface area contributed by atoms with Gasteiger partial charge in [0.1, 0.15) is 6.04 Å². The van der Waals surface area contributed by atoms with Gasteiger partial charge in [0.25, 0.3) is 5.91 Å². The van der Waals surface area contributed by atoms with Crippen molar-refractivity contribution in [3.8, 4) is 0 Å². The Morgan fingerprint density at radius 3 is 2.77 bits per heavy atom. The molecule has 7 nitrogen and oxygen atoms in total. The summed E-state index contributed by atoms with van der Waals surface area (Å²) < 4.78 is 1.56. The monoisotopic (exact) mass is 299 g/mol. The standard InChI is InChI=1S/C15H17N5O2/c1-9(2)13-14(21)18-11-7-16-5-4-12(11)20(13)15(22)10-6-17-19(3)8-10/h4-9,13H,1-3H3,(H,18,21). The number of carbonyl (C=O) groups excluding carboxylic acids is 2. The van der Waals surface area contributed by atoms with Crippen LogP contribution in [-0.2, 0) is 11.8 Å². The predicted molar refractivity (Wildman–Crippen MR) is 81.5 cm³/mol. The number of amides is 2. The summed E-state index contributed by atoms with van der Waals surface area (Å²) in [4.78, 5) is 30.8. The molecular weight excluding hydrogens is 282 g/mol. The van der Waals surface area contributed by atoms with E-state index in [1.165, 1.54) is 11.1 Å². The summed E-state index contributed by atoms with van der Waals surface area (Å²) in [6.45, 7) is 3.83. The quantitative estimate of drug-likeness (QED) is 0.910. The molecule has 1 N–H and O–H groups in total. The van der Waals surface area contributed by atoms with Crippen molar-refractivity contribution >= 4 is 23.2 Å². The molecule has 1 aliphatic heterocycles. The van der Waals surface area contributed by atoms with Crippen LogP contribution in [0.15, 0.2) is 30.9 Å². The van der Waals surface area contributed by atoms with E-state index in [-0.39, 0.29) is 17.7 Å². The number of hydrogen-bond acceptors (Lipinski definition) is 4. The maximum atomic E-state index is 12.9. The van der Waals surface area contributed by atoms with Gasteiger partial charge in [-0.2, -0.15) is 5.10 Å². The lowest BCUT2D eigenvalue weighted by atomic mass is 9.97. The van der Waals surface area contributed by atoms with Crippen molar-refractivity contribution < 1.29 is 9.59 Å². The molecule has 0 saturated carbocycles. The third-order valence-corrected chi connectivity index (χ3v) is 3.66. The number of rotatable bonds is 2. The highest BCUT2D eigenvalue weighted by atomic mass is 16.2. The van der Waals surface area contributed by atoms with Gasteiger partial charge in [-0.25, -0.2) is 0 Å². The van der Waals surface area contributed by atoms with Crippen LogP contribution < -0.4 is 10.2 Å². The fourth-order valence-electron chi connectivity index (χ4n) is 2.67. The van der Waals surface area contributed by atoms with Gasteiger partial charge in [0.15, 0.2) is 0 Å². The van der Waals surface area contributed by atoms with Crippen LogP contribution in [0, 0.1) is 5.92 Å². The molecular formula is C15H17N5O2. The van der Waals surface area contributed by atoms with E-state index < -0.39 is 6.04 Å². The van der Waals surface area contributed by atoms with Gasteiger partial charge in [-0.15, -0.1) is 0 Å². The highest BCUT2D eigenvalue weighted by Crippen LogP contribution is 2.34. The van der Waals surface area contributed by atoms with Gasteiger partial charge in [0.2, 0.25) is 5.91 Å². The van der Waals surface area contributed by atoms with Crippen molar-refractivity contribution in [3.05, 3.63) is 36.4 Å². The summed E-state index contributed by atoms with van der Waals surface area (Å²) in [5.74, 6) is -0.469. The lowest BCUT2D eigenvalue weighted by Gasteiger charge is -2.38. The van der Waals surface area contributed by atoms with Gasteiger partial charge >= 0.3 is 0 Å². The van der Waals surface area contributed by atoms with Gasteiger partial charge in [-0.05, 0) is 12.0 Å². The average Bonchev–Trinajstić information content (AvgIpc) is 2.91. The Labute approximate surface area is 127 Å². The molecule has 1 unspecified atom stereocenters. The first-order valence-electron chi connectivity index (χ1n) is 7.06. The molecule has 2 aromatic heterocycles.